The summed E-state index contributed by atoms with van der Waals surface area (Å²) in [4.78, 5) is 1.32. The molecule has 0 saturated heterocycles. The maximum absolute atomic E-state index is 9.76. The zero-order chi connectivity index (χ0) is 12.7. The average molecular weight is 257 g/mol. The van der Waals surface area contributed by atoms with Gasteiger partial charge in [-0.2, -0.15) is 0 Å². The molecule has 3 nitrogen and oxygen atoms in total. The first kappa shape index (κ1) is 14.6. The fraction of sp³-hybridized carbons (Fsp3) is 0.692. The number of hydrogen-bond donors (Lipinski definition) is 2. The van der Waals surface area contributed by atoms with Crippen molar-refractivity contribution in [2.75, 3.05) is 13.2 Å². The zero-order valence-corrected chi connectivity index (χ0v) is 11.7. The monoisotopic (exact) mass is 257 g/mol. The Morgan fingerprint density at radius 2 is 2.24 bits per heavy atom. The van der Waals surface area contributed by atoms with Crippen molar-refractivity contribution < 1.29 is 9.84 Å². The molecule has 2 atom stereocenters. The average Bonchev–Trinajstić information content (AvgIpc) is 2.81. The van der Waals surface area contributed by atoms with Gasteiger partial charge in [0.15, 0.2) is 0 Å². The van der Waals surface area contributed by atoms with Gasteiger partial charge in [-0.3, -0.25) is 0 Å². The minimum atomic E-state index is -0.439. The molecular weight excluding hydrogens is 234 g/mol. The van der Waals surface area contributed by atoms with E-state index in [1.54, 1.807) is 11.3 Å². The summed E-state index contributed by atoms with van der Waals surface area (Å²) in [6.07, 6.45) is 0.758. The van der Waals surface area contributed by atoms with Gasteiger partial charge in [-0.15, -0.1) is 11.3 Å². The highest BCUT2D eigenvalue weighted by molar-refractivity contribution is 7.10. The molecule has 0 spiro atoms. The number of rotatable bonds is 8. The number of aliphatic hydroxyl groups is 1. The third-order valence-electron chi connectivity index (χ3n) is 2.52. The minimum Gasteiger partial charge on any atom is -0.389 e. The molecule has 1 aromatic rings. The van der Waals surface area contributed by atoms with E-state index < -0.39 is 6.10 Å². The fourth-order valence-corrected chi connectivity index (χ4v) is 2.46. The van der Waals surface area contributed by atoms with E-state index >= 15 is 0 Å². The molecule has 2 unspecified atom stereocenters. The second-order valence-corrected chi connectivity index (χ2v) is 5.40. The Labute approximate surface area is 108 Å². The smallest absolute Gasteiger partial charge is 0.0898 e. The molecule has 0 aromatic carbocycles. The Kier molecular flexibility index (Phi) is 6.73. The number of thiophene rings is 1. The van der Waals surface area contributed by atoms with Gasteiger partial charge in [0.1, 0.15) is 0 Å². The normalized spacial score (nSPS) is 15.1. The van der Waals surface area contributed by atoms with Gasteiger partial charge in [0.25, 0.3) is 0 Å². The molecule has 0 fully saturated rings. The van der Waals surface area contributed by atoms with E-state index in [0.717, 1.165) is 6.42 Å². The Morgan fingerprint density at radius 1 is 1.47 bits per heavy atom. The highest BCUT2D eigenvalue weighted by Crippen LogP contribution is 2.21. The number of hydrogen-bond acceptors (Lipinski definition) is 4. The molecule has 1 rings (SSSR count). The lowest BCUT2D eigenvalue weighted by Gasteiger charge is -2.19. The summed E-state index contributed by atoms with van der Waals surface area (Å²) < 4.78 is 5.37. The molecule has 0 aliphatic carbocycles. The van der Waals surface area contributed by atoms with E-state index in [9.17, 15) is 5.11 Å². The van der Waals surface area contributed by atoms with Crippen LogP contribution < -0.4 is 5.32 Å². The molecule has 1 heterocycles. The van der Waals surface area contributed by atoms with E-state index in [0.29, 0.717) is 19.2 Å². The second-order valence-electron chi connectivity index (χ2n) is 4.42. The van der Waals surface area contributed by atoms with E-state index in [1.165, 1.54) is 4.88 Å². The predicted molar refractivity (Wildman–Crippen MR) is 72.4 cm³/mol. The lowest BCUT2D eigenvalue weighted by Crippen LogP contribution is -2.33. The summed E-state index contributed by atoms with van der Waals surface area (Å²) in [7, 11) is 0. The number of aliphatic hydroxyl groups excluding tert-OH is 1. The van der Waals surface area contributed by atoms with E-state index in [2.05, 4.69) is 29.8 Å². The van der Waals surface area contributed by atoms with Crippen LogP contribution in [0.2, 0.25) is 0 Å². The van der Waals surface area contributed by atoms with Gasteiger partial charge in [0, 0.05) is 17.5 Å². The van der Waals surface area contributed by atoms with Crippen LogP contribution in [0, 0.1) is 0 Å². The Hall–Kier alpha value is -0.420. The summed E-state index contributed by atoms with van der Waals surface area (Å²) in [5.41, 5.74) is 0. The Morgan fingerprint density at radius 3 is 2.76 bits per heavy atom. The van der Waals surface area contributed by atoms with Gasteiger partial charge in [0.2, 0.25) is 0 Å². The summed E-state index contributed by atoms with van der Waals surface area (Å²) in [6.45, 7) is 7.06. The van der Waals surface area contributed by atoms with Gasteiger partial charge < -0.3 is 15.2 Å². The maximum atomic E-state index is 9.76. The quantitative estimate of drug-likeness (QED) is 0.752. The summed E-state index contributed by atoms with van der Waals surface area (Å²) >= 11 is 1.75. The Bertz CT molecular complexity index is 288. The molecule has 0 aliphatic heterocycles. The molecule has 1 aromatic heterocycles. The fourth-order valence-electron chi connectivity index (χ4n) is 1.58. The largest absolute Gasteiger partial charge is 0.389 e. The van der Waals surface area contributed by atoms with Crippen molar-refractivity contribution in [3.05, 3.63) is 22.4 Å². The third-order valence-corrected chi connectivity index (χ3v) is 3.50. The highest BCUT2D eigenvalue weighted by atomic mass is 32.1. The first-order valence-corrected chi connectivity index (χ1v) is 7.07. The summed E-state index contributed by atoms with van der Waals surface area (Å²) in [5, 5.41) is 15.2. The lowest BCUT2D eigenvalue weighted by molar-refractivity contribution is 0.00541. The van der Waals surface area contributed by atoms with Crippen LogP contribution in [0.4, 0.5) is 0 Å². The third kappa shape index (κ3) is 5.64. The molecule has 0 aliphatic rings. The van der Waals surface area contributed by atoms with Crippen molar-refractivity contribution in [2.45, 2.75) is 45.4 Å². The van der Waals surface area contributed by atoms with Crippen LogP contribution in [0.1, 0.15) is 38.1 Å². The van der Waals surface area contributed by atoms with Crippen molar-refractivity contribution in [1.29, 1.82) is 0 Å². The zero-order valence-electron chi connectivity index (χ0n) is 10.8. The molecule has 17 heavy (non-hydrogen) atoms. The van der Waals surface area contributed by atoms with Crippen LogP contribution in [0.15, 0.2) is 17.5 Å². The first-order chi connectivity index (χ1) is 8.13. The topological polar surface area (TPSA) is 41.5 Å². The molecular formula is C13H23NO2S. The van der Waals surface area contributed by atoms with Crippen molar-refractivity contribution in [1.82, 2.24) is 5.32 Å². The van der Waals surface area contributed by atoms with Crippen LogP contribution >= 0.6 is 11.3 Å². The molecule has 0 radical (unpaired) electrons. The van der Waals surface area contributed by atoms with Gasteiger partial charge in [-0.1, -0.05) is 13.0 Å². The second kappa shape index (κ2) is 7.82. The molecule has 2 N–H and O–H groups in total. The highest BCUT2D eigenvalue weighted by Gasteiger charge is 2.12. The molecule has 4 heteroatoms. The lowest BCUT2D eigenvalue weighted by atomic mass is 10.2. The van der Waals surface area contributed by atoms with E-state index in [4.69, 9.17) is 4.74 Å². The SMILES string of the molecule is CCC(NCC(O)COC(C)C)c1cccs1. The first-order valence-electron chi connectivity index (χ1n) is 6.20. The summed E-state index contributed by atoms with van der Waals surface area (Å²) in [6, 6.07) is 4.52. The molecule has 0 bridgehead atoms. The minimum absolute atomic E-state index is 0.170. The van der Waals surface area contributed by atoms with Crippen LogP contribution in [-0.2, 0) is 4.74 Å². The van der Waals surface area contributed by atoms with Gasteiger partial charge in [-0.05, 0) is 31.7 Å². The van der Waals surface area contributed by atoms with Gasteiger partial charge in [0.05, 0.1) is 18.8 Å². The van der Waals surface area contributed by atoms with Crippen LogP contribution in [0.5, 0.6) is 0 Å². The summed E-state index contributed by atoms with van der Waals surface area (Å²) in [5.74, 6) is 0. The van der Waals surface area contributed by atoms with Crippen molar-refractivity contribution in [2.24, 2.45) is 0 Å². The molecule has 0 saturated carbocycles. The van der Waals surface area contributed by atoms with Crippen LogP contribution in [-0.4, -0.2) is 30.5 Å². The van der Waals surface area contributed by atoms with Gasteiger partial charge >= 0.3 is 0 Å². The molecule has 0 amide bonds. The van der Waals surface area contributed by atoms with Crippen molar-refractivity contribution >= 4 is 11.3 Å². The van der Waals surface area contributed by atoms with Crippen molar-refractivity contribution in [3.8, 4) is 0 Å². The van der Waals surface area contributed by atoms with E-state index in [-0.39, 0.29) is 6.10 Å². The Balaban J connectivity index is 2.28. The number of ether oxygens (including phenoxy) is 1. The van der Waals surface area contributed by atoms with Crippen LogP contribution in [0.3, 0.4) is 0 Å². The molecule has 98 valence electrons. The predicted octanol–water partition coefficient (Wildman–Crippen LogP) is 2.57. The van der Waals surface area contributed by atoms with Crippen molar-refractivity contribution in [3.63, 3.8) is 0 Å². The van der Waals surface area contributed by atoms with Crippen LogP contribution in [0.25, 0.3) is 0 Å². The van der Waals surface area contributed by atoms with Gasteiger partial charge in [-0.25, -0.2) is 0 Å². The van der Waals surface area contributed by atoms with E-state index in [1.807, 2.05) is 13.8 Å². The maximum Gasteiger partial charge on any atom is 0.0898 e. The standard InChI is InChI=1S/C13H23NO2S/c1-4-12(13-6-5-7-17-13)14-8-11(15)9-16-10(2)3/h5-7,10-12,14-15H,4,8-9H2,1-3H3. The number of nitrogens with one attached hydrogen (secondary N) is 1.